The lowest BCUT2D eigenvalue weighted by atomic mass is 9.85. The highest BCUT2D eigenvalue weighted by atomic mass is 16.6. The van der Waals surface area contributed by atoms with Gasteiger partial charge in [0.25, 0.3) is 5.69 Å². The Hall–Kier alpha value is -1.99. The van der Waals surface area contributed by atoms with Gasteiger partial charge in [0.1, 0.15) is 0 Å². The quantitative estimate of drug-likeness (QED) is 0.619. The molecule has 3 N–H and O–H groups in total. The lowest BCUT2D eigenvalue weighted by molar-refractivity contribution is -0.385. The summed E-state index contributed by atoms with van der Waals surface area (Å²) in [7, 11) is 0. The molecule has 2 rings (SSSR count). The van der Waals surface area contributed by atoms with Crippen molar-refractivity contribution in [2.24, 2.45) is 11.1 Å². The molecule has 7 nitrogen and oxygen atoms in total. The summed E-state index contributed by atoms with van der Waals surface area (Å²) >= 11 is 0. The number of nitrogens with zero attached hydrogens (tertiary/aromatic N) is 1. The first-order chi connectivity index (χ1) is 9.45. The Kier molecular flexibility index (Phi) is 4.01. The van der Waals surface area contributed by atoms with Crippen molar-refractivity contribution in [2.45, 2.75) is 19.5 Å². The molecule has 108 valence electrons. The van der Waals surface area contributed by atoms with E-state index in [-0.39, 0.29) is 30.8 Å². The predicted octanol–water partition coefficient (Wildman–Crippen LogP) is 0.575. The van der Waals surface area contributed by atoms with Crippen LogP contribution in [0.1, 0.15) is 12.5 Å². The Balaban J connectivity index is 2.06. The van der Waals surface area contributed by atoms with Crippen LogP contribution in [-0.4, -0.2) is 30.1 Å². The molecule has 1 aliphatic rings. The zero-order valence-corrected chi connectivity index (χ0v) is 11.2. The second kappa shape index (κ2) is 5.56. The maximum atomic E-state index is 12.2. The van der Waals surface area contributed by atoms with Crippen LogP contribution in [0.4, 0.5) is 5.69 Å². The molecule has 0 bridgehead atoms. The average Bonchev–Trinajstić information content (AvgIpc) is 2.77. The zero-order valence-electron chi connectivity index (χ0n) is 11.2. The number of hydrogen-bond acceptors (Lipinski definition) is 5. The van der Waals surface area contributed by atoms with E-state index in [2.05, 4.69) is 5.32 Å². The van der Waals surface area contributed by atoms with Crippen LogP contribution in [0, 0.1) is 15.5 Å². The van der Waals surface area contributed by atoms with Crippen LogP contribution in [0.15, 0.2) is 24.3 Å². The average molecular weight is 279 g/mol. The van der Waals surface area contributed by atoms with Gasteiger partial charge < -0.3 is 15.8 Å². The highest BCUT2D eigenvalue weighted by Gasteiger charge is 2.44. The molecule has 2 unspecified atom stereocenters. The summed E-state index contributed by atoms with van der Waals surface area (Å²) in [5.41, 5.74) is 5.53. The Labute approximate surface area is 116 Å². The summed E-state index contributed by atoms with van der Waals surface area (Å²) in [5.74, 6) is -0.249. The molecule has 0 saturated carbocycles. The number of hydrogen-bond donors (Lipinski definition) is 2. The van der Waals surface area contributed by atoms with Crippen molar-refractivity contribution in [1.29, 1.82) is 0 Å². The molecule has 1 heterocycles. The first kappa shape index (κ1) is 14.4. The first-order valence-corrected chi connectivity index (χ1v) is 6.29. The number of nitrogens with one attached hydrogen (secondary N) is 1. The molecule has 0 spiro atoms. The van der Waals surface area contributed by atoms with Gasteiger partial charge in [0.2, 0.25) is 5.91 Å². The van der Waals surface area contributed by atoms with Crippen molar-refractivity contribution in [3.05, 3.63) is 39.9 Å². The second-order valence-corrected chi connectivity index (χ2v) is 5.11. The summed E-state index contributed by atoms with van der Waals surface area (Å²) < 4.78 is 5.21. The molecule has 1 saturated heterocycles. The number of nitro benzene ring substituents is 1. The minimum absolute atomic E-state index is 0.00933. The lowest BCUT2D eigenvalue weighted by Gasteiger charge is -2.25. The number of para-hydroxylation sites is 1. The summed E-state index contributed by atoms with van der Waals surface area (Å²) in [6, 6.07) is 5.94. The Morgan fingerprint density at radius 2 is 2.30 bits per heavy atom. The zero-order chi connectivity index (χ0) is 14.8. The Morgan fingerprint density at radius 3 is 2.90 bits per heavy atom. The number of nitrogens with two attached hydrogens (primary N) is 1. The number of rotatable bonds is 4. The minimum Gasteiger partial charge on any atom is -0.379 e. The number of carbonyl (C=O) groups is 1. The van der Waals surface area contributed by atoms with Gasteiger partial charge in [-0.25, -0.2) is 0 Å². The van der Waals surface area contributed by atoms with Crippen LogP contribution < -0.4 is 11.1 Å². The van der Waals surface area contributed by atoms with Gasteiger partial charge >= 0.3 is 0 Å². The molecule has 0 aromatic heterocycles. The van der Waals surface area contributed by atoms with Crippen molar-refractivity contribution in [2.75, 3.05) is 13.2 Å². The molecule has 2 atom stereocenters. The molecule has 1 aromatic carbocycles. The normalized spacial score (nSPS) is 25.4. The van der Waals surface area contributed by atoms with E-state index in [9.17, 15) is 14.9 Å². The minimum atomic E-state index is -0.788. The standard InChI is InChI=1S/C13H17N3O4/c1-13(8-20-7-11(13)14)12(17)15-6-9-4-2-3-5-10(9)16(18)19/h2-5,11H,6-8,14H2,1H3,(H,15,17). The summed E-state index contributed by atoms with van der Waals surface area (Å²) in [4.78, 5) is 22.6. The van der Waals surface area contributed by atoms with Crippen LogP contribution >= 0.6 is 0 Å². The van der Waals surface area contributed by atoms with Crippen LogP contribution in [0.2, 0.25) is 0 Å². The molecule has 0 aliphatic carbocycles. The Morgan fingerprint density at radius 1 is 1.60 bits per heavy atom. The molecule has 1 aromatic rings. The molecule has 1 fully saturated rings. The van der Waals surface area contributed by atoms with Gasteiger partial charge in [-0.1, -0.05) is 18.2 Å². The van der Waals surface area contributed by atoms with E-state index in [1.807, 2.05) is 0 Å². The fraction of sp³-hybridized carbons (Fsp3) is 0.462. The third-order valence-electron chi connectivity index (χ3n) is 3.66. The van der Waals surface area contributed by atoms with Gasteiger partial charge in [-0.2, -0.15) is 0 Å². The van der Waals surface area contributed by atoms with E-state index < -0.39 is 10.3 Å². The van der Waals surface area contributed by atoms with E-state index in [1.54, 1.807) is 25.1 Å². The highest BCUT2D eigenvalue weighted by Crippen LogP contribution is 2.27. The van der Waals surface area contributed by atoms with Gasteiger partial charge in [0, 0.05) is 24.2 Å². The van der Waals surface area contributed by atoms with E-state index in [0.29, 0.717) is 12.2 Å². The first-order valence-electron chi connectivity index (χ1n) is 6.29. The largest absolute Gasteiger partial charge is 0.379 e. The number of amides is 1. The maximum Gasteiger partial charge on any atom is 0.274 e. The van der Waals surface area contributed by atoms with Gasteiger partial charge in [0.05, 0.1) is 23.6 Å². The maximum absolute atomic E-state index is 12.2. The molecule has 20 heavy (non-hydrogen) atoms. The monoisotopic (exact) mass is 279 g/mol. The van der Waals surface area contributed by atoms with E-state index in [1.165, 1.54) is 6.07 Å². The van der Waals surface area contributed by atoms with Crippen molar-refractivity contribution in [3.8, 4) is 0 Å². The third-order valence-corrected chi connectivity index (χ3v) is 3.66. The van der Waals surface area contributed by atoms with E-state index in [4.69, 9.17) is 10.5 Å². The summed E-state index contributed by atoms with van der Waals surface area (Å²) in [6.45, 7) is 2.43. The fourth-order valence-electron chi connectivity index (χ4n) is 2.14. The van der Waals surface area contributed by atoms with Crippen LogP contribution in [0.5, 0.6) is 0 Å². The van der Waals surface area contributed by atoms with Crippen molar-refractivity contribution < 1.29 is 14.5 Å². The number of carbonyl (C=O) groups excluding carboxylic acids is 1. The molecule has 1 amide bonds. The lowest BCUT2D eigenvalue weighted by Crippen LogP contribution is -2.49. The summed E-state index contributed by atoms with van der Waals surface area (Å²) in [5, 5.41) is 13.6. The van der Waals surface area contributed by atoms with Crippen molar-refractivity contribution >= 4 is 11.6 Å². The second-order valence-electron chi connectivity index (χ2n) is 5.11. The third kappa shape index (κ3) is 2.63. The number of ether oxygens (including phenoxy) is 1. The predicted molar refractivity (Wildman–Crippen MR) is 71.8 cm³/mol. The highest BCUT2D eigenvalue weighted by molar-refractivity contribution is 5.83. The Bertz CT molecular complexity index is 534. The molecule has 1 aliphatic heterocycles. The summed E-state index contributed by atoms with van der Waals surface area (Å²) in [6.07, 6.45) is 0. The SMILES string of the molecule is CC1(C(=O)NCc2ccccc2[N+](=O)[O-])COCC1N. The van der Waals surface area contributed by atoms with E-state index >= 15 is 0 Å². The van der Waals surface area contributed by atoms with Crippen molar-refractivity contribution in [1.82, 2.24) is 5.32 Å². The number of benzene rings is 1. The number of nitro groups is 1. The molecular weight excluding hydrogens is 262 g/mol. The van der Waals surface area contributed by atoms with Crippen LogP contribution in [0.25, 0.3) is 0 Å². The van der Waals surface area contributed by atoms with E-state index in [0.717, 1.165) is 0 Å². The topological polar surface area (TPSA) is 107 Å². The van der Waals surface area contributed by atoms with Crippen LogP contribution in [0.3, 0.4) is 0 Å². The van der Waals surface area contributed by atoms with Crippen molar-refractivity contribution in [3.63, 3.8) is 0 Å². The van der Waals surface area contributed by atoms with Gasteiger partial charge in [-0.05, 0) is 6.92 Å². The molecule has 0 radical (unpaired) electrons. The fourth-order valence-corrected chi connectivity index (χ4v) is 2.14. The molecular formula is C13H17N3O4. The molecule has 7 heteroatoms. The smallest absolute Gasteiger partial charge is 0.274 e. The van der Waals surface area contributed by atoms with Gasteiger partial charge in [-0.15, -0.1) is 0 Å². The van der Waals surface area contributed by atoms with Gasteiger partial charge in [0.15, 0.2) is 0 Å². The van der Waals surface area contributed by atoms with Crippen LogP contribution in [-0.2, 0) is 16.1 Å². The van der Waals surface area contributed by atoms with Gasteiger partial charge in [-0.3, -0.25) is 14.9 Å².